The lowest BCUT2D eigenvalue weighted by atomic mass is 10.2. The number of hydrogen-bond donors (Lipinski definition) is 1. The van der Waals surface area contributed by atoms with Gasteiger partial charge < -0.3 is 19.5 Å². The third-order valence-electron chi connectivity index (χ3n) is 3.84. The van der Waals surface area contributed by atoms with Gasteiger partial charge in [-0.1, -0.05) is 19.1 Å². The first-order valence-corrected chi connectivity index (χ1v) is 8.99. The smallest absolute Gasteiger partial charge is 0.120 e. The van der Waals surface area contributed by atoms with E-state index in [1.807, 2.05) is 43.3 Å². The maximum atomic E-state index is 6.06. The minimum atomic E-state index is 0.129. The summed E-state index contributed by atoms with van der Waals surface area (Å²) in [4.78, 5) is 0. The summed E-state index contributed by atoms with van der Waals surface area (Å²) in [7, 11) is 0. The highest BCUT2D eigenvalue weighted by Gasteiger charge is 2.08. The number of anilines is 1. The summed E-state index contributed by atoms with van der Waals surface area (Å²) in [6, 6.07) is 16.2. The molecule has 0 aliphatic heterocycles. The van der Waals surface area contributed by atoms with Crippen LogP contribution in [-0.4, -0.2) is 32.5 Å². The average molecular weight is 343 g/mol. The Balaban J connectivity index is 1.78. The number of rotatable bonds is 11. The molecule has 0 bridgehead atoms. The zero-order valence-corrected chi connectivity index (χ0v) is 15.5. The molecular weight excluding hydrogens is 314 g/mol. The van der Waals surface area contributed by atoms with E-state index in [1.165, 1.54) is 5.56 Å². The van der Waals surface area contributed by atoms with Crippen LogP contribution in [0.3, 0.4) is 0 Å². The SMILES string of the molecule is CCOCCOc1ccc(NCC(CC)Oc2cccc(C)c2)cc1. The Hall–Kier alpha value is -2.20. The zero-order chi connectivity index (χ0) is 17.9. The van der Waals surface area contributed by atoms with Crippen LogP contribution in [0.4, 0.5) is 5.69 Å². The van der Waals surface area contributed by atoms with Crippen molar-refractivity contribution in [3.63, 3.8) is 0 Å². The fraction of sp³-hybridized carbons (Fsp3) is 0.429. The van der Waals surface area contributed by atoms with Crippen molar-refractivity contribution in [1.82, 2.24) is 0 Å². The molecule has 0 saturated heterocycles. The third kappa shape index (κ3) is 7.06. The average Bonchev–Trinajstić information content (AvgIpc) is 2.63. The first kappa shape index (κ1) is 19.1. The van der Waals surface area contributed by atoms with Crippen LogP contribution in [0.5, 0.6) is 11.5 Å². The molecule has 136 valence electrons. The number of benzene rings is 2. The lowest BCUT2D eigenvalue weighted by molar-refractivity contribution is 0.110. The van der Waals surface area contributed by atoms with Gasteiger partial charge in [0.1, 0.15) is 24.2 Å². The van der Waals surface area contributed by atoms with Gasteiger partial charge in [0.2, 0.25) is 0 Å². The largest absolute Gasteiger partial charge is 0.491 e. The molecule has 1 N–H and O–H groups in total. The van der Waals surface area contributed by atoms with Gasteiger partial charge in [-0.2, -0.15) is 0 Å². The Morgan fingerprint density at radius 3 is 2.44 bits per heavy atom. The number of hydrogen-bond acceptors (Lipinski definition) is 4. The monoisotopic (exact) mass is 343 g/mol. The van der Waals surface area contributed by atoms with Gasteiger partial charge in [0.25, 0.3) is 0 Å². The van der Waals surface area contributed by atoms with Crippen molar-refractivity contribution in [2.75, 3.05) is 31.7 Å². The number of nitrogens with one attached hydrogen (secondary N) is 1. The summed E-state index contributed by atoms with van der Waals surface area (Å²) >= 11 is 0. The third-order valence-corrected chi connectivity index (χ3v) is 3.84. The molecule has 2 aromatic rings. The molecule has 0 heterocycles. The summed E-state index contributed by atoms with van der Waals surface area (Å²) in [6.07, 6.45) is 1.07. The van der Waals surface area contributed by atoms with Crippen LogP contribution in [0.25, 0.3) is 0 Å². The molecule has 0 aliphatic carbocycles. The van der Waals surface area contributed by atoms with Crippen LogP contribution in [0, 0.1) is 6.92 Å². The molecule has 0 radical (unpaired) electrons. The van der Waals surface area contributed by atoms with Crippen LogP contribution in [0.2, 0.25) is 0 Å². The van der Waals surface area contributed by atoms with Crippen molar-refractivity contribution in [3.8, 4) is 11.5 Å². The van der Waals surface area contributed by atoms with Crippen LogP contribution < -0.4 is 14.8 Å². The van der Waals surface area contributed by atoms with Gasteiger partial charge in [-0.25, -0.2) is 0 Å². The molecule has 0 spiro atoms. The molecule has 1 unspecified atom stereocenters. The number of ether oxygens (including phenoxy) is 3. The van der Waals surface area contributed by atoms with Crippen molar-refractivity contribution >= 4 is 5.69 Å². The van der Waals surface area contributed by atoms with Gasteiger partial charge >= 0.3 is 0 Å². The standard InChI is InChI=1S/C21H29NO3/c1-4-19(25-21-8-6-7-17(3)15-21)16-22-18-9-11-20(12-10-18)24-14-13-23-5-2/h6-12,15,19,22H,4-5,13-14,16H2,1-3H3. The summed E-state index contributed by atoms with van der Waals surface area (Å²) in [5.74, 6) is 1.78. The van der Waals surface area contributed by atoms with E-state index in [4.69, 9.17) is 14.2 Å². The maximum absolute atomic E-state index is 6.06. The minimum Gasteiger partial charge on any atom is -0.491 e. The predicted molar refractivity (Wildman–Crippen MR) is 103 cm³/mol. The van der Waals surface area contributed by atoms with E-state index in [0.717, 1.165) is 36.8 Å². The molecule has 0 aromatic heterocycles. The summed E-state index contributed by atoms with van der Waals surface area (Å²) < 4.78 is 16.9. The normalized spacial score (nSPS) is 11.8. The Morgan fingerprint density at radius 1 is 0.960 bits per heavy atom. The van der Waals surface area contributed by atoms with Gasteiger partial charge in [-0.05, 0) is 62.2 Å². The van der Waals surface area contributed by atoms with Gasteiger partial charge in [-0.3, -0.25) is 0 Å². The van der Waals surface area contributed by atoms with Crippen molar-refractivity contribution in [3.05, 3.63) is 54.1 Å². The lowest BCUT2D eigenvalue weighted by Gasteiger charge is -2.19. The quantitative estimate of drug-likeness (QED) is 0.601. The highest BCUT2D eigenvalue weighted by atomic mass is 16.5. The van der Waals surface area contributed by atoms with Crippen LogP contribution in [-0.2, 0) is 4.74 Å². The molecule has 2 aromatic carbocycles. The van der Waals surface area contributed by atoms with Crippen LogP contribution in [0.15, 0.2) is 48.5 Å². The zero-order valence-electron chi connectivity index (χ0n) is 15.5. The summed E-state index contributed by atoms with van der Waals surface area (Å²) in [5.41, 5.74) is 2.27. The minimum absolute atomic E-state index is 0.129. The van der Waals surface area contributed by atoms with Gasteiger partial charge in [0.15, 0.2) is 0 Å². The van der Waals surface area contributed by atoms with Gasteiger partial charge in [0.05, 0.1) is 13.2 Å². The molecule has 2 rings (SSSR count). The van der Waals surface area contributed by atoms with E-state index in [9.17, 15) is 0 Å². The molecular formula is C21H29NO3. The summed E-state index contributed by atoms with van der Waals surface area (Å²) in [6.45, 7) is 8.85. The molecule has 0 amide bonds. The lowest BCUT2D eigenvalue weighted by Crippen LogP contribution is -2.25. The van der Waals surface area contributed by atoms with Crippen molar-refractivity contribution in [2.24, 2.45) is 0 Å². The molecule has 4 heteroatoms. The Labute approximate surface area is 151 Å². The molecule has 4 nitrogen and oxygen atoms in total. The fourth-order valence-electron chi connectivity index (χ4n) is 2.41. The molecule has 0 aliphatic rings. The first-order valence-electron chi connectivity index (χ1n) is 8.99. The topological polar surface area (TPSA) is 39.7 Å². The molecule has 1 atom stereocenters. The van der Waals surface area contributed by atoms with E-state index in [2.05, 4.69) is 31.3 Å². The van der Waals surface area contributed by atoms with Crippen molar-refractivity contribution < 1.29 is 14.2 Å². The van der Waals surface area contributed by atoms with E-state index < -0.39 is 0 Å². The van der Waals surface area contributed by atoms with E-state index in [0.29, 0.717) is 13.2 Å². The fourth-order valence-corrected chi connectivity index (χ4v) is 2.41. The van der Waals surface area contributed by atoms with Crippen molar-refractivity contribution in [1.29, 1.82) is 0 Å². The van der Waals surface area contributed by atoms with Crippen molar-refractivity contribution in [2.45, 2.75) is 33.3 Å². The second-order valence-electron chi connectivity index (χ2n) is 5.92. The van der Waals surface area contributed by atoms with E-state index in [1.54, 1.807) is 0 Å². The second-order valence-corrected chi connectivity index (χ2v) is 5.92. The van der Waals surface area contributed by atoms with Crippen LogP contribution >= 0.6 is 0 Å². The molecule has 0 saturated carbocycles. The second kappa shape index (κ2) is 10.6. The van der Waals surface area contributed by atoms with Gasteiger partial charge in [-0.15, -0.1) is 0 Å². The highest BCUT2D eigenvalue weighted by Crippen LogP contribution is 2.18. The number of aryl methyl sites for hydroxylation is 1. The highest BCUT2D eigenvalue weighted by molar-refractivity contribution is 5.46. The summed E-state index contributed by atoms with van der Waals surface area (Å²) in [5, 5.41) is 3.43. The van der Waals surface area contributed by atoms with E-state index in [-0.39, 0.29) is 6.10 Å². The first-order chi connectivity index (χ1) is 12.2. The predicted octanol–water partition coefficient (Wildman–Crippen LogP) is 4.68. The van der Waals surface area contributed by atoms with E-state index >= 15 is 0 Å². The Morgan fingerprint density at radius 2 is 1.76 bits per heavy atom. The Kier molecular flexibility index (Phi) is 8.13. The molecule has 0 fully saturated rings. The Bertz CT molecular complexity index is 613. The van der Waals surface area contributed by atoms with Crippen LogP contribution in [0.1, 0.15) is 25.8 Å². The molecule has 25 heavy (non-hydrogen) atoms. The maximum Gasteiger partial charge on any atom is 0.120 e. The van der Waals surface area contributed by atoms with Gasteiger partial charge in [0, 0.05) is 12.3 Å².